The molecule has 1 aromatic carbocycles. The van der Waals surface area contributed by atoms with Crippen molar-refractivity contribution < 1.29 is 17.9 Å². The molecule has 1 fully saturated rings. The molecule has 20 heavy (non-hydrogen) atoms. The van der Waals surface area contributed by atoms with Crippen molar-refractivity contribution in [2.75, 3.05) is 13.7 Å². The zero-order valence-corrected chi connectivity index (χ0v) is 12.5. The molecular formula is C14H19NO4S. The van der Waals surface area contributed by atoms with Gasteiger partial charge in [0.2, 0.25) is 10.0 Å². The summed E-state index contributed by atoms with van der Waals surface area (Å²) >= 11 is 0. The van der Waals surface area contributed by atoms with Crippen LogP contribution in [-0.4, -0.2) is 28.0 Å². The summed E-state index contributed by atoms with van der Waals surface area (Å²) in [5.41, 5.74) is 0.850. The Labute approximate surface area is 119 Å². The summed E-state index contributed by atoms with van der Waals surface area (Å²) in [6, 6.07) is 6.28. The highest BCUT2D eigenvalue weighted by Gasteiger charge is 2.38. The van der Waals surface area contributed by atoms with Crippen molar-refractivity contribution in [3.05, 3.63) is 29.8 Å². The summed E-state index contributed by atoms with van der Waals surface area (Å²) in [6.07, 6.45) is 2.27. The Bertz CT molecular complexity index is 588. The second-order valence-corrected chi connectivity index (χ2v) is 7.30. The van der Waals surface area contributed by atoms with Gasteiger partial charge in [-0.15, -0.1) is 0 Å². The molecule has 1 saturated carbocycles. The highest BCUT2D eigenvalue weighted by Crippen LogP contribution is 2.44. The van der Waals surface area contributed by atoms with Gasteiger partial charge in [-0.1, -0.05) is 19.1 Å². The van der Waals surface area contributed by atoms with E-state index in [4.69, 9.17) is 0 Å². The van der Waals surface area contributed by atoms with E-state index in [0.29, 0.717) is 6.54 Å². The van der Waals surface area contributed by atoms with Crippen LogP contribution >= 0.6 is 0 Å². The fourth-order valence-electron chi connectivity index (χ4n) is 1.77. The van der Waals surface area contributed by atoms with Crippen molar-refractivity contribution in [3.8, 4) is 0 Å². The van der Waals surface area contributed by atoms with Crippen LogP contribution in [-0.2, 0) is 26.0 Å². The molecular weight excluding hydrogens is 278 g/mol. The van der Waals surface area contributed by atoms with Crippen molar-refractivity contribution in [2.24, 2.45) is 5.41 Å². The smallest absolute Gasteiger partial charge is 0.309 e. The van der Waals surface area contributed by atoms with E-state index < -0.39 is 10.0 Å². The Kier molecular flexibility index (Phi) is 4.15. The average molecular weight is 297 g/mol. The topological polar surface area (TPSA) is 72.5 Å². The van der Waals surface area contributed by atoms with E-state index in [1.54, 1.807) is 12.1 Å². The van der Waals surface area contributed by atoms with Gasteiger partial charge in [0, 0.05) is 6.54 Å². The standard InChI is InChI=1S/C14H19NO4S/c1-14(7-8-14)10-15-20(17,18)12-5-3-11(4-6-12)9-13(16)19-2/h3-6,15H,7-10H2,1-2H3. The number of nitrogens with one attached hydrogen (secondary N) is 1. The minimum absolute atomic E-state index is 0.123. The minimum Gasteiger partial charge on any atom is -0.469 e. The Balaban J connectivity index is 2.02. The van der Waals surface area contributed by atoms with E-state index in [0.717, 1.165) is 18.4 Å². The molecule has 0 bridgehead atoms. The van der Waals surface area contributed by atoms with Crippen LogP contribution in [0.15, 0.2) is 29.2 Å². The average Bonchev–Trinajstić information content (AvgIpc) is 3.16. The highest BCUT2D eigenvalue weighted by atomic mass is 32.2. The molecule has 5 nitrogen and oxygen atoms in total. The number of sulfonamides is 1. The second kappa shape index (κ2) is 5.54. The molecule has 1 aromatic rings. The lowest BCUT2D eigenvalue weighted by Gasteiger charge is -2.11. The number of hydrogen-bond donors (Lipinski definition) is 1. The zero-order chi connectivity index (χ0) is 14.8. The van der Waals surface area contributed by atoms with Crippen molar-refractivity contribution in [1.82, 2.24) is 4.72 Å². The molecule has 0 radical (unpaired) electrons. The lowest BCUT2D eigenvalue weighted by Crippen LogP contribution is -2.29. The Morgan fingerprint density at radius 3 is 2.40 bits per heavy atom. The van der Waals surface area contributed by atoms with E-state index >= 15 is 0 Å². The molecule has 0 unspecified atom stereocenters. The van der Waals surface area contributed by atoms with Gasteiger partial charge in [-0.2, -0.15) is 0 Å². The first kappa shape index (κ1) is 15.0. The summed E-state index contributed by atoms with van der Waals surface area (Å²) in [6.45, 7) is 2.54. The van der Waals surface area contributed by atoms with E-state index in [1.807, 2.05) is 0 Å². The third kappa shape index (κ3) is 3.80. The zero-order valence-electron chi connectivity index (χ0n) is 11.7. The fourth-order valence-corrected chi connectivity index (χ4v) is 2.97. The molecule has 1 aliphatic rings. The van der Waals surface area contributed by atoms with Crippen molar-refractivity contribution >= 4 is 16.0 Å². The molecule has 0 aliphatic heterocycles. The molecule has 110 valence electrons. The predicted octanol–water partition coefficient (Wildman–Crippen LogP) is 1.48. The van der Waals surface area contributed by atoms with E-state index in [9.17, 15) is 13.2 Å². The number of benzene rings is 1. The van der Waals surface area contributed by atoms with Gasteiger partial charge in [0.15, 0.2) is 0 Å². The number of carbonyl (C=O) groups excluding carboxylic acids is 1. The van der Waals surface area contributed by atoms with Crippen LogP contribution in [0, 0.1) is 5.41 Å². The van der Waals surface area contributed by atoms with Crippen LogP contribution in [0.3, 0.4) is 0 Å². The molecule has 0 saturated heterocycles. The van der Waals surface area contributed by atoms with Crippen LogP contribution in [0.25, 0.3) is 0 Å². The van der Waals surface area contributed by atoms with Crippen molar-refractivity contribution in [2.45, 2.75) is 31.1 Å². The maximum atomic E-state index is 12.1. The maximum Gasteiger partial charge on any atom is 0.309 e. The lowest BCUT2D eigenvalue weighted by molar-refractivity contribution is -0.139. The summed E-state index contributed by atoms with van der Waals surface area (Å²) < 4.78 is 31.4. The predicted molar refractivity (Wildman–Crippen MR) is 74.7 cm³/mol. The van der Waals surface area contributed by atoms with Crippen LogP contribution in [0.5, 0.6) is 0 Å². The van der Waals surface area contributed by atoms with Gasteiger partial charge in [-0.3, -0.25) is 4.79 Å². The Hall–Kier alpha value is -1.40. The molecule has 1 N–H and O–H groups in total. The summed E-state index contributed by atoms with van der Waals surface area (Å²) in [5.74, 6) is -0.347. The first-order chi connectivity index (χ1) is 9.35. The van der Waals surface area contributed by atoms with Gasteiger partial charge in [0.1, 0.15) is 0 Å². The first-order valence-electron chi connectivity index (χ1n) is 6.50. The molecule has 2 rings (SSSR count). The SMILES string of the molecule is COC(=O)Cc1ccc(S(=O)(=O)NCC2(C)CC2)cc1. The van der Waals surface area contributed by atoms with Crippen LogP contribution in [0.1, 0.15) is 25.3 Å². The quantitative estimate of drug-likeness (QED) is 0.807. The van der Waals surface area contributed by atoms with E-state index in [2.05, 4.69) is 16.4 Å². The third-order valence-electron chi connectivity index (χ3n) is 3.60. The van der Waals surface area contributed by atoms with E-state index in [-0.39, 0.29) is 22.7 Å². The molecule has 0 amide bonds. The summed E-state index contributed by atoms with van der Waals surface area (Å²) in [5, 5.41) is 0. The van der Waals surface area contributed by atoms with Gasteiger partial charge in [0.05, 0.1) is 18.4 Å². The number of esters is 1. The van der Waals surface area contributed by atoms with Gasteiger partial charge in [0.25, 0.3) is 0 Å². The number of rotatable bonds is 6. The highest BCUT2D eigenvalue weighted by molar-refractivity contribution is 7.89. The normalized spacial score (nSPS) is 16.7. The first-order valence-corrected chi connectivity index (χ1v) is 7.98. The molecule has 0 aromatic heterocycles. The fraction of sp³-hybridized carbons (Fsp3) is 0.500. The van der Waals surface area contributed by atoms with Crippen LogP contribution < -0.4 is 4.72 Å². The Morgan fingerprint density at radius 1 is 1.30 bits per heavy atom. The number of carbonyl (C=O) groups is 1. The molecule has 0 atom stereocenters. The monoisotopic (exact) mass is 297 g/mol. The molecule has 1 aliphatic carbocycles. The second-order valence-electron chi connectivity index (χ2n) is 5.53. The number of hydrogen-bond acceptors (Lipinski definition) is 4. The van der Waals surface area contributed by atoms with Gasteiger partial charge >= 0.3 is 5.97 Å². The Morgan fingerprint density at radius 2 is 1.90 bits per heavy atom. The van der Waals surface area contributed by atoms with Crippen molar-refractivity contribution in [3.63, 3.8) is 0 Å². The number of methoxy groups -OCH3 is 1. The van der Waals surface area contributed by atoms with Gasteiger partial charge < -0.3 is 4.74 Å². The van der Waals surface area contributed by atoms with Gasteiger partial charge in [-0.25, -0.2) is 13.1 Å². The molecule has 6 heteroatoms. The van der Waals surface area contributed by atoms with Gasteiger partial charge in [-0.05, 0) is 36.0 Å². The molecule has 0 spiro atoms. The van der Waals surface area contributed by atoms with Crippen LogP contribution in [0.4, 0.5) is 0 Å². The number of ether oxygens (including phenoxy) is 1. The molecule has 0 heterocycles. The summed E-state index contributed by atoms with van der Waals surface area (Å²) in [7, 11) is -2.15. The lowest BCUT2D eigenvalue weighted by atomic mass is 10.1. The minimum atomic E-state index is -3.47. The van der Waals surface area contributed by atoms with Crippen LogP contribution in [0.2, 0.25) is 0 Å². The van der Waals surface area contributed by atoms with Crippen molar-refractivity contribution in [1.29, 1.82) is 0 Å². The largest absolute Gasteiger partial charge is 0.469 e. The maximum absolute atomic E-state index is 12.1. The third-order valence-corrected chi connectivity index (χ3v) is 5.02. The van der Waals surface area contributed by atoms with E-state index in [1.165, 1.54) is 19.2 Å². The summed E-state index contributed by atoms with van der Waals surface area (Å²) in [4.78, 5) is 11.3.